The summed E-state index contributed by atoms with van der Waals surface area (Å²) in [7, 11) is 0. The highest BCUT2D eigenvalue weighted by Crippen LogP contribution is 2.08. The summed E-state index contributed by atoms with van der Waals surface area (Å²) < 4.78 is 0. The van der Waals surface area contributed by atoms with E-state index in [0.29, 0.717) is 5.02 Å². The van der Waals surface area contributed by atoms with Crippen molar-refractivity contribution in [2.24, 2.45) is 0 Å². The number of rotatable bonds is 3. The molecule has 0 atom stereocenters. The molecule has 0 amide bonds. The van der Waals surface area contributed by atoms with E-state index in [1.807, 2.05) is 6.07 Å². The summed E-state index contributed by atoms with van der Waals surface area (Å²) in [5, 5.41) is 0.630. The van der Waals surface area contributed by atoms with Gasteiger partial charge in [-0.1, -0.05) is 43.0 Å². The molecule has 0 fully saturated rings. The molecule has 0 aliphatic rings. The molecule has 2 aromatic rings. The summed E-state index contributed by atoms with van der Waals surface area (Å²) in [4.78, 5) is 4.15. The van der Waals surface area contributed by atoms with Crippen molar-refractivity contribution in [2.45, 2.75) is 26.2 Å². The molecule has 0 aliphatic heterocycles. The maximum absolute atomic E-state index is 5.78. The smallest absolute Gasteiger partial charge is 0.113 e. The van der Waals surface area contributed by atoms with Crippen molar-refractivity contribution in [1.82, 2.24) is 4.98 Å². The normalized spacial score (nSPS) is 9.79. The van der Waals surface area contributed by atoms with Crippen LogP contribution >= 0.6 is 11.6 Å². The fourth-order valence-electron chi connectivity index (χ4n) is 1.72. The molecule has 0 unspecified atom stereocenters. The number of halogens is 1. The molecule has 0 saturated carbocycles. The molecule has 2 heteroatoms. The van der Waals surface area contributed by atoms with Crippen molar-refractivity contribution >= 4 is 11.6 Å². The minimum atomic E-state index is 0.630. The van der Waals surface area contributed by atoms with Crippen LogP contribution in [0.3, 0.4) is 0 Å². The highest BCUT2D eigenvalue weighted by atomic mass is 35.5. The highest BCUT2D eigenvalue weighted by Gasteiger charge is 1.93. The van der Waals surface area contributed by atoms with Crippen molar-refractivity contribution in [3.63, 3.8) is 0 Å². The summed E-state index contributed by atoms with van der Waals surface area (Å²) in [5.74, 6) is 6.14. The molecule has 0 saturated heterocycles. The van der Waals surface area contributed by atoms with Crippen LogP contribution in [0.4, 0.5) is 0 Å². The van der Waals surface area contributed by atoms with Gasteiger partial charge in [-0.3, -0.25) is 0 Å². The van der Waals surface area contributed by atoms with Crippen molar-refractivity contribution in [1.29, 1.82) is 0 Å². The van der Waals surface area contributed by atoms with E-state index in [2.05, 4.69) is 48.0 Å². The lowest BCUT2D eigenvalue weighted by atomic mass is 10.1. The third-order valence-electron chi connectivity index (χ3n) is 2.84. The first-order valence-corrected chi connectivity index (χ1v) is 6.88. The third-order valence-corrected chi connectivity index (χ3v) is 3.06. The molecular formula is C17H16ClN. The fraction of sp³-hybridized carbons (Fsp3) is 0.235. The zero-order valence-corrected chi connectivity index (χ0v) is 11.7. The van der Waals surface area contributed by atoms with Gasteiger partial charge in [0.05, 0.1) is 5.02 Å². The summed E-state index contributed by atoms with van der Waals surface area (Å²) in [5.41, 5.74) is 3.12. The molecule has 96 valence electrons. The molecule has 0 N–H and O–H groups in total. The van der Waals surface area contributed by atoms with Gasteiger partial charge in [-0.05, 0) is 48.6 Å². The number of pyridine rings is 1. The Kier molecular flexibility index (Phi) is 5.01. The van der Waals surface area contributed by atoms with Crippen LogP contribution in [-0.2, 0) is 6.42 Å². The zero-order chi connectivity index (χ0) is 13.5. The van der Waals surface area contributed by atoms with E-state index < -0.39 is 0 Å². The Morgan fingerprint density at radius 3 is 2.47 bits per heavy atom. The standard InChI is InChI=1S/C17H16ClN/c1-2-3-4-14-5-7-15(8-6-14)9-11-17-12-10-16(18)13-19-17/h5-8,10,12-13H,2-4H2,1H3. The van der Waals surface area contributed by atoms with Gasteiger partial charge in [-0.2, -0.15) is 0 Å². The van der Waals surface area contributed by atoms with E-state index in [1.54, 1.807) is 12.3 Å². The fourth-order valence-corrected chi connectivity index (χ4v) is 1.83. The van der Waals surface area contributed by atoms with Gasteiger partial charge < -0.3 is 0 Å². The number of hydrogen-bond donors (Lipinski definition) is 0. The Morgan fingerprint density at radius 2 is 1.84 bits per heavy atom. The Hall–Kier alpha value is -1.78. The molecule has 19 heavy (non-hydrogen) atoms. The van der Waals surface area contributed by atoms with Gasteiger partial charge in [0.2, 0.25) is 0 Å². The maximum Gasteiger partial charge on any atom is 0.113 e. The van der Waals surface area contributed by atoms with E-state index in [1.165, 1.54) is 18.4 Å². The third kappa shape index (κ3) is 4.43. The Morgan fingerprint density at radius 1 is 1.05 bits per heavy atom. The van der Waals surface area contributed by atoms with Crippen molar-refractivity contribution in [3.05, 3.63) is 64.4 Å². The monoisotopic (exact) mass is 269 g/mol. The van der Waals surface area contributed by atoms with E-state index in [-0.39, 0.29) is 0 Å². The molecule has 1 aromatic carbocycles. The second-order valence-electron chi connectivity index (χ2n) is 4.41. The van der Waals surface area contributed by atoms with Crippen LogP contribution in [0.2, 0.25) is 5.02 Å². The first-order chi connectivity index (χ1) is 9.28. The second kappa shape index (κ2) is 6.97. The average molecular weight is 270 g/mol. The minimum Gasteiger partial charge on any atom is -0.246 e. The highest BCUT2D eigenvalue weighted by molar-refractivity contribution is 6.30. The quantitative estimate of drug-likeness (QED) is 0.749. The molecule has 0 bridgehead atoms. The maximum atomic E-state index is 5.78. The Bertz CT molecular complexity index is 573. The van der Waals surface area contributed by atoms with Crippen molar-refractivity contribution < 1.29 is 0 Å². The molecule has 1 nitrogen and oxygen atoms in total. The topological polar surface area (TPSA) is 12.9 Å². The van der Waals surface area contributed by atoms with Crippen LogP contribution in [0, 0.1) is 11.8 Å². The van der Waals surface area contributed by atoms with Crippen LogP contribution in [-0.4, -0.2) is 4.98 Å². The van der Waals surface area contributed by atoms with E-state index >= 15 is 0 Å². The molecule has 1 aromatic heterocycles. The molecule has 0 spiro atoms. The zero-order valence-electron chi connectivity index (χ0n) is 11.0. The molecular weight excluding hydrogens is 254 g/mol. The SMILES string of the molecule is CCCCc1ccc(C#Cc2ccc(Cl)cn2)cc1. The second-order valence-corrected chi connectivity index (χ2v) is 4.85. The summed E-state index contributed by atoms with van der Waals surface area (Å²) in [6.07, 6.45) is 5.21. The first-order valence-electron chi connectivity index (χ1n) is 6.50. The van der Waals surface area contributed by atoms with E-state index in [9.17, 15) is 0 Å². The van der Waals surface area contributed by atoms with Gasteiger partial charge in [-0.15, -0.1) is 0 Å². The van der Waals surface area contributed by atoms with Gasteiger partial charge in [0.15, 0.2) is 0 Å². The predicted octanol–water partition coefficient (Wildman–Crippen LogP) is 4.48. The van der Waals surface area contributed by atoms with Gasteiger partial charge in [0.25, 0.3) is 0 Å². The number of aryl methyl sites for hydroxylation is 1. The lowest BCUT2D eigenvalue weighted by Crippen LogP contribution is -1.85. The van der Waals surface area contributed by atoms with Crippen LogP contribution in [0.25, 0.3) is 0 Å². The molecule has 0 radical (unpaired) electrons. The molecule has 2 rings (SSSR count). The van der Waals surface area contributed by atoms with Crippen LogP contribution in [0.5, 0.6) is 0 Å². The Labute approximate surface area is 119 Å². The number of unbranched alkanes of at least 4 members (excludes halogenated alkanes) is 1. The average Bonchev–Trinajstić information content (AvgIpc) is 2.46. The first kappa shape index (κ1) is 13.6. The van der Waals surface area contributed by atoms with Gasteiger partial charge >= 0.3 is 0 Å². The van der Waals surface area contributed by atoms with Crippen LogP contribution in [0.1, 0.15) is 36.6 Å². The summed E-state index contributed by atoms with van der Waals surface area (Å²) in [6.45, 7) is 2.21. The Balaban J connectivity index is 2.05. The van der Waals surface area contributed by atoms with Gasteiger partial charge in [-0.25, -0.2) is 4.98 Å². The number of nitrogens with zero attached hydrogens (tertiary/aromatic N) is 1. The lowest BCUT2D eigenvalue weighted by molar-refractivity contribution is 0.795. The lowest BCUT2D eigenvalue weighted by Gasteiger charge is -1.99. The molecule has 0 aliphatic carbocycles. The van der Waals surface area contributed by atoms with Gasteiger partial charge in [0.1, 0.15) is 5.69 Å². The number of hydrogen-bond acceptors (Lipinski definition) is 1. The van der Waals surface area contributed by atoms with E-state index in [0.717, 1.165) is 17.7 Å². The predicted molar refractivity (Wildman–Crippen MR) is 80.3 cm³/mol. The van der Waals surface area contributed by atoms with Gasteiger partial charge in [0, 0.05) is 11.8 Å². The van der Waals surface area contributed by atoms with Crippen molar-refractivity contribution in [3.8, 4) is 11.8 Å². The summed E-state index contributed by atoms with van der Waals surface area (Å²) in [6, 6.07) is 12.0. The van der Waals surface area contributed by atoms with E-state index in [4.69, 9.17) is 11.6 Å². The number of aromatic nitrogens is 1. The van der Waals surface area contributed by atoms with Crippen LogP contribution in [0.15, 0.2) is 42.6 Å². The van der Waals surface area contributed by atoms with Crippen molar-refractivity contribution in [2.75, 3.05) is 0 Å². The minimum absolute atomic E-state index is 0.630. The number of benzene rings is 1. The largest absolute Gasteiger partial charge is 0.246 e. The molecule has 1 heterocycles. The summed E-state index contributed by atoms with van der Waals surface area (Å²) >= 11 is 5.78. The van der Waals surface area contributed by atoms with Crippen LogP contribution < -0.4 is 0 Å².